The molecule has 0 aromatic rings. The highest BCUT2D eigenvalue weighted by molar-refractivity contribution is 5.70. The van der Waals surface area contributed by atoms with Crippen LogP contribution in [0.15, 0.2) is 0 Å². The van der Waals surface area contributed by atoms with Crippen molar-refractivity contribution in [3.63, 3.8) is 0 Å². The Balaban J connectivity index is 1.91. The zero-order valence-corrected chi connectivity index (χ0v) is 11.7. The third kappa shape index (κ3) is 1.64. The van der Waals surface area contributed by atoms with Gasteiger partial charge in [-0.15, -0.1) is 0 Å². The summed E-state index contributed by atoms with van der Waals surface area (Å²) in [6.07, 6.45) is 6.85. The fourth-order valence-electron chi connectivity index (χ4n) is 5.40. The van der Waals surface area contributed by atoms with E-state index < -0.39 is 0 Å². The highest BCUT2D eigenvalue weighted by atomic mass is 16.6. The zero-order valence-electron chi connectivity index (χ0n) is 11.7. The van der Waals surface area contributed by atoms with Crippen molar-refractivity contribution in [1.82, 2.24) is 0 Å². The molecule has 4 aliphatic rings. The van der Waals surface area contributed by atoms with Gasteiger partial charge in [0.05, 0.1) is 0 Å². The summed E-state index contributed by atoms with van der Waals surface area (Å²) >= 11 is 0. The highest BCUT2D eigenvalue weighted by Crippen LogP contribution is 2.61. The average Bonchev–Trinajstić information content (AvgIpc) is 2.32. The molecule has 4 fully saturated rings. The maximum atomic E-state index is 11.8. The molecule has 0 heterocycles. The van der Waals surface area contributed by atoms with Gasteiger partial charge in [0.15, 0.2) is 0 Å². The summed E-state index contributed by atoms with van der Waals surface area (Å²) in [6, 6.07) is 0. The zero-order chi connectivity index (χ0) is 12.9. The Morgan fingerprint density at radius 2 is 1.67 bits per heavy atom. The predicted molar refractivity (Wildman–Crippen MR) is 70.7 cm³/mol. The minimum Gasteiger partial charge on any atom is -0.458 e. The van der Waals surface area contributed by atoms with Crippen LogP contribution in [0.4, 0.5) is 0 Å². The standard InChI is InChI=1S/C16H25O2/c1-4-15(17)18-16(10(2)3)13-6-11-5-12(8-13)9-14(16)7-11/h10-14H,1,4-9H2,2-3H3. The smallest absolute Gasteiger partial charge is 0.306 e. The topological polar surface area (TPSA) is 26.3 Å². The lowest BCUT2D eigenvalue weighted by Crippen LogP contribution is -2.62. The van der Waals surface area contributed by atoms with Crippen LogP contribution in [0, 0.1) is 36.5 Å². The van der Waals surface area contributed by atoms with Gasteiger partial charge in [-0.3, -0.25) is 4.79 Å². The minimum absolute atomic E-state index is 0.101. The molecule has 0 aliphatic heterocycles. The average molecular weight is 249 g/mol. The third-order valence-corrected chi connectivity index (χ3v) is 5.81. The van der Waals surface area contributed by atoms with Crippen molar-refractivity contribution in [2.75, 3.05) is 0 Å². The highest BCUT2D eigenvalue weighted by Gasteiger charge is 2.60. The maximum Gasteiger partial charge on any atom is 0.306 e. The molecule has 0 saturated heterocycles. The number of rotatable bonds is 3. The van der Waals surface area contributed by atoms with Crippen molar-refractivity contribution in [2.24, 2.45) is 29.6 Å². The number of ether oxygens (including phenoxy) is 1. The number of hydrogen-bond acceptors (Lipinski definition) is 2. The van der Waals surface area contributed by atoms with Crippen molar-refractivity contribution < 1.29 is 9.53 Å². The van der Waals surface area contributed by atoms with E-state index in [2.05, 4.69) is 20.8 Å². The molecule has 4 saturated carbocycles. The summed E-state index contributed by atoms with van der Waals surface area (Å²) in [5, 5.41) is 0. The van der Waals surface area contributed by atoms with Crippen LogP contribution in [0.1, 0.15) is 52.4 Å². The van der Waals surface area contributed by atoms with Crippen LogP contribution >= 0.6 is 0 Å². The molecule has 0 unspecified atom stereocenters. The molecule has 1 radical (unpaired) electrons. The van der Waals surface area contributed by atoms with Crippen molar-refractivity contribution in [2.45, 2.75) is 58.0 Å². The second-order valence-corrected chi connectivity index (χ2v) is 7.04. The van der Waals surface area contributed by atoms with Crippen molar-refractivity contribution >= 4 is 5.97 Å². The van der Waals surface area contributed by atoms with E-state index in [1.54, 1.807) is 0 Å². The van der Waals surface area contributed by atoms with Crippen LogP contribution in [0.3, 0.4) is 0 Å². The van der Waals surface area contributed by atoms with Gasteiger partial charge in [-0.1, -0.05) is 13.8 Å². The Labute approximate surface area is 110 Å². The lowest BCUT2D eigenvalue weighted by atomic mass is 9.47. The molecule has 2 nitrogen and oxygen atoms in total. The summed E-state index contributed by atoms with van der Waals surface area (Å²) in [4.78, 5) is 11.8. The predicted octanol–water partition coefficient (Wildman–Crippen LogP) is 3.60. The third-order valence-electron chi connectivity index (χ3n) is 5.81. The van der Waals surface area contributed by atoms with Crippen molar-refractivity contribution in [3.8, 4) is 0 Å². The van der Waals surface area contributed by atoms with Crippen LogP contribution in [-0.4, -0.2) is 11.6 Å². The molecule has 0 N–H and O–H groups in total. The van der Waals surface area contributed by atoms with Gasteiger partial charge in [-0.05, 0) is 68.6 Å². The van der Waals surface area contributed by atoms with Gasteiger partial charge in [0.1, 0.15) is 5.60 Å². The molecule has 0 atom stereocenters. The number of carbonyl (C=O) groups is 1. The SMILES string of the molecule is [CH2]CC(=O)OC1(C(C)C)C2CC3CC(C2)CC1C3. The Morgan fingerprint density at radius 3 is 2.06 bits per heavy atom. The van der Waals surface area contributed by atoms with Crippen molar-refractivity contribution in [3.05, 3.63) is 6.92 Å². The number of hydrogen-bond donors (Lipinski definition) is 0. The molecule has 0 aromatic heterocycles. The summed E-state index contributed by atoms with van der Waals surface area (Å²) in [5.74, 6) is 3.39. The van der Waals surface area contributed by atoms with Gasteiger partial charge in [0.2, 0.25) is 0 Å². The molecule has 101 valence electrons. The Kier molecular flexibility index (Phi) is 2.95. The molecule has 2 heteroatoms. The Hall–Kier alpha value is -0.530. The van der Waals surface area contributed by atoms with E-state index in [9.17, 15) is 4.79 Å². The summed E-state index contributed by atoms with van der Waals surface area (Å²) in [5.41, 5.74) is -0.164. The monoisotopic (exact) mass is 249 g/mol. The fraction of sp³-hybridized carbons (Fsp3) is 0.875. The maximum absolute atomic E-state index is 11.8. The van der Waals surface area contributed by atoms with E-state index in [0.717, 1.165) is 11.8 Å². The second kappa shape index (κ2) is 4.25. The molecular weight excluding hydrogens is 224 g/mol. The van der Waals surface area contributed by atoms with Gasteiger partial charge in [0.25, 0.3) is 0 Å². The Bertz CT molecular complexity index is 317. The largest absolute Gasteiger partial charge is 0.458 e. The van der Waals surface area contributed by atoms with Crippen LogP contribution in [0.5, 0.6) is 0 Å². The number of esters is 1. The van der Waals surface area contributed by atoms with Crippen LogP contribution in [0.25, 0.3) is 0 Å². The first kappa shape index (κ1) is 12.5. The normalized spacial score (nSPS) is 45.6. The van der Waals surface area contributed by atoms with E-state index >= 15 is 0 Å². The van der Waals surface area contributed by atoms with E-state index in [4.69, 9.17) is 4.74 Å². The molecular formula is C16H25O2. The molecule has 18 heavy (non-hydrogen) atoms. The Morgan fingerprint density at radius 1 is 1.17 bits per heavy atom. The van der Waals surface area contributed by atoms with E-state index in [1.165, 1.54) is 32.1 Å². The van der Waals surface area contributed by atoms with E-state index in [0.29, 0.717) is 17.8 Å². The lowest BCUT2D eigenvalue weighted by Gasteiger charge is -2.61. The molecule has 4 aliphatic carbocycles. The van der Waals surface area contributed by atoms with Gasteiger partial charge in [-0.2, -0.15) is 0 Å². The minimum atomic E-state index is -0.164. The van der Waals surface area contributed by atoms with Gasteiger partial charge in [-0.25, -0.2) is 0 Å². The summed E-state index contributed by atoms with van der Waals surface area (Å²) in [6.45, 7) is 8.15. The van der Waals surface area contributed by atoms with Gasteiger partial charge < -0.3 is 4.74 Å². The van der Waals surface area contributed by atoms with Gasteiger partial charge in [0, 0.05) is 6.42 Å². The fourth-order valence-corrected chi connectivity index (χ4v) is 5.40. The first-order valence-corrected chi connectivity index (χ1v) is 7.57. The molecule has 0 aromatic carbocycles. The van der Waals surface area contributed by atoms with Gasteiger partial charge >= 0.3 is 5.97 Å². The van der Waals surface area contributed by atoms with Crippen LogP contribution in [0.2, 0.25) is 0 Å². The summed E-state index contributed by atoms with van der Waals surface area (Å²) in [7, 11) is 0. The molecule has 4 bridgehead atoms. The lowest BCUT2D eigenvalue weighted by molar-refractivity contribution is -0.224. The first-order valence-electron chi connectivity index (χ1n) is 7.57. The van der Waals surface area contributed by atoms with E-state index in [-0.39, 0.29) is 18.0 Å². The summed E-state index contributed by atoms with van der Waals surface area (Å²) < 4.78 is 6.02. The molecule has 0 amide bonds. The second-order valence-electron chi connectivity index (χ2n) is 7.04. The van der Waals surface area contributed by atoms with Crippen molar-refractivity contribution in [1.29, 1.82) is 0 Å². The van der Waals surface area contributed by atoms with E-state index in [1.807, 2.05) is 0 Å². The first-order chi connectivity index (χ1) is 8.56. The van der Waals surface area contributed by atoms with Crippen LogP contribution < -0.4 is 0 Å². The number of carbonyl (C=O) groups excluding carboxylic acids is 1. The molecule has 0 spiro atoms. The van der Waals surface area contributed by atoms with Crippen LogP contribution in [-0.2, 0) is 9.53 Å². The molecule has 4 rings (SSSR count). The quantitative estimate of drug-likeness (QED) is 0.714.